The van der Waals surface area contributed by atoms with Crippen molar-refractivity contribution in [2.45, 2.75) is 13.2 Å². The van der Waals surface area contributed by atoms with Gasteiger partial charge in [-0.15, -0.1) is 0 Å². The van der Waals surface area contributed by atoms with E-state index < -0.39 is 4.92 Å². The largest absolute Gasteiger partial charge is 0.493 e. The average molecular weight is 417 g/mol. The highest BCUT2D eigenvalue weighted by Gasteiger charge is 2.13. The monoisotopic (exact) mass is 416 g/mol. The quantitative estimate of drug-likeness (QED) is 0.383. The van der Waals surface area contributed by atoms with E-state index in [9.17, 15) is 14.5 Å². The van der Waals surface area contributed by atoms with Crippen molar-refractivity contribution in [2.24, 2.45) is 0 Å². The third-order valence-corrected chi connectivity index (χ3v) is 4.40. The average Bonchev–Trinajstić information content (AvgIpc) is 2.71. The van der Waals surface area contributed by atoms with Gasteiger partial charge in [-0.05, 0) is 41.5 Å². The molecule has 0 radical (unpaired) electrons. The zero-order valence-electron chi connectivity index (χ0n) is 15.5. The lowest BCUT2D eigenvalue weighted by atomic mass is 10.2. The van der Waals surface area contributed by atoms with Gasteiger partial charge in [0.25, 0.3) is 5.69 Å². The molecule has 29 heavy (non-hydrogen) atoms. The first-order valence-electron chi connectivity index (χ1n) is 8.68. The van der Waals surface area contributed by atoms with Crippen LogP contribution in [-0.2, 0) is 13.2 Å². The van der Waals surface area contributed by atoms with Crippen molar-refractivity contribution in [3.8, 4) is 11.5 Å². The van der Waals surface area contributed by atoms with Gasteiger partial charge in [0.05, 0.1) is 17.1 Å². The smallest absolute Gasteiger partial charge is 0.271 e. The van der Waals surface area contributed by atoms with Gasteiger partial charge in [-0.2, -0.15) is 0 Å². The van der Waals surface area contributed by atoms with E-state index in [1.54, 1.807) is 36.4 Å². The lowest BCUT2D eigenvalue weighted by Gasteiger charge is -2.15. The fourth-order valence-electron chi connectivity index (χ4n) is 2.73. The molecule has 0 aliphatic carbocycles. The van der Waals surface area contributed by atoms with Gasteiger partial charge in [0.2, 0.25) is 0 Å². The first-order chi connectivity index (χ1) is 14.0. The van der Waals surface area contributed by atoms with Crippen LogP contribution in [0.1, 0.15) is 11.1 Å². The molecule has 0 atom stereocenters. The van der Waals surface area contributed by atoms with Crippen molar-refractivity contribution in [3.05, 3.63) is 92.7 Å². The highest BCUT2D eigenvalue weighted by molar-refractivity contribution is 6.32. The lowest BCUT2D eigenvalue weighted by molar-refractivity contribution is -0.384. The van der Waals surface area contributed by atoms with Crippen LogP contribution >= 0.6 is 11.6 Å². The number of nitrogens with one attached hydrogen (secondary N) is 1. The maximum Gasteiger partial charge on any atom is 0.271 e. The summed E-state index contributed by atoms with van der Waals surface area (Å²) in [6.45, 7) is 0.514. The summed E-state index contributed by atoms with van der Waals surface area (Å²) < 4.78 is 24.4. The number of anilines is 1. The number of nitro groups is 1. The van der Waals surface area contributed by atoms with Crippen molar-refractivity contribution in [3.63, 3.8) is 0 Å². The van der Waals surface area contributed by atoms with Crippen molar-refractivity contribution >= 4 is 23.0 Å². The minimum absolute atomic E-state index is 0.00621. The molecule has 150 valence electrons. The van der Waals surface area contributed by atoms with E-state index in [4.69, 9.17) is 21.1 Å². The third-order valence-electron chi connectivity index (χ3n) is 4.12. The molecule has 0 amide bonds. The number of nitrogens with zero attached hydrogens (tertiary/aromatic N) is 1. The fourth-order valence-corrected chi connectivity index (χ4v) is 3.02. The van der Waals surface area contributed by atoms with Crippen molar-refractivity contribution < 1.29 is 18.8 Å². The molecule has 0 fully saturated rings. The van der Waals surface area contributed by atoms with Crippen LogP contribution in [0, 0.1) is 15.9 Å². The Morgan fingerprint density at radius 1 is 1.10 bits per heavy atom. The second-order valence-electron chi connectivity index (χ2n) is 6.19. The standard InChI is InChI=1S/C21H18ClFN2O4/c1-28-20-10-15(12-24-17-6-3-7-18(11-17)25(26)27)9-19(22)21(20)29-13-14-4-2-5-16(23)8-14/h2-11,24H,12-13H2,1H3. The van der Waals surface area contributed by atoms with E-state index in [-0.39, 0.29) is 18.1 Å². The molecule has 8 heteroatoms. The molecular weight excluding hydrogens is 399 g/mol. The zero-order chi connectivity index (χ0) is 20.8. The van der Waals surface area contributed by atoms with Crippen LogP contribution in [0.15, 0.2) is 60.7 Å². The molecule has 0 saturated heterocycles. The Balaban J connectivity index is 1.72. The molecule has 0 aliphatic rings. The van der Waals surface area contributed by atoms with Crippen LogP contribution in [0.25, 0.3) is 0 Å². The number of rotatable bonds is 8. The van der Waals surface area contributed by atoms with Crippen LogP contribution in [0.5, 0.6) is 11.5 Å². The SMILES string of the molecule is COc1cc(CNc2cccc([N+](=O)[O-])c2)cc(Cl)c1OCc1cccc(F)c1. The first-order valence-corrected chi connectivity index (χ1v) is 9.06. The number of halogens is 2. The van der Waals surface area contributed by atoms with Crippen LogP contribution < -0.4 is 14.8 Å². The Morgan fingerprint density at radius 2 is 1.90 bits per heavy atom. The molecule has 0 aromatic heterocycles. The Morgan fingerprint density at radius 3 is 2.62 bits per heavy atom. The van der Waals surface area contributed by atoms with Gasteiger partial charge in [-0.25, -0.2) is 4.39 Å². The van der Waals surface area contributed by atoms with Crippen LogP contribution in [0.3, 0.4) is 0 Å². The molecule has 0 heterocycles. The summed E-state index contributed by atoms with van der Waals surface area (Å²) in [6.07, 6.45) is 0. The Labute approximate surface area is 172 Å². The number of hydrogen-bond acceptors (Lipinski definition) is 5. The minimum Gasteiger partial charge on any atom is -0.493 e. The second kappa shape index (κ2) is 9.25. The van der Waals surface area contributed by atoms with Crippen LogP contribution in [-0.4, -0.2) is 12.0 Å². The topological polar surface area (TPSA) is 73.6 Å². The number of hydrogen-bond donors (Lipinski definition) is 1. The molecule has 3 rings (SSSR count). The van der Waals surface area contributed by atoms with E-state index in [1.807, 2.05) is 0 Å². The lowest BCUT2D eigenvalue weighted by Crippen LogP contribution is -2.03. The molecule has 3 aromatic rings. The van der Waals surface area contributed by atoms with Crippen molar-refractivity contribution in [1.29, 1.82) is 0 Å². The summed E-state index contributed by atoms with van der Waals surface area (Å²) in [5.74, 6) is 0.453. The Hall–Kier alpha value is -3.32. The van der Waals surface area contributed by atoms with E-state index in [1.165, 1.54) is 31.4 Å². The first kappa shape index (κ1) is 20.4. The number of ether oxygens (including phenoxy) is 2. The van der Waals surface area contributed by atoms with Crippen molar-refractivity contribution in [1.82, 2.24) is 0 Å². The Bertz CT molecular complexity index is 1030. The zero-order valence-corrected chi connectivity index (χ0v) is 16.3. The molecule has 3 aromatic carbocycles. The van der Waals surface area contributed by atoms with Crippen LogP contribution in [0.4, 0.5) is 15.8 Å². The number of benzene rings is 3. The molecule has 0 spiro atoms. The summed E-state index contributed by atoms with van der Waals surface area (Å²) in [6, 6.07) is 15.8. The van der Waals surface area contributed by atoms with E-state index in [0.29, 0.717) is 34.3 Å². The predicted octanol–water partition coefficient (Wildman–Crippen LogP) is 5.59. The molecule has 0 aliphatic heterocycles. The van der Waals surface area contributed by atoms with Gasteiger partial charge < -0.3 is 14.8 Å². The molecule has 0 unspecified atom stereocenters. The summed E-state index contributed by atoms with van der Waals surface area (Å²) >= 11 is 6.36. The maximum atomic E-state index is 13.3. The van der Waals surface area contributed by atoms with Gasteiger partial charge in [0, 0.05) is 24.4 Å². The minimum atomic E-state index is -0.449. The van der Waals surface area contributed by atoms with E-state index in [0.717, 1.165) is 5.56 Å². The normalized spacial score (nSPS) is 10.4. The summed E-state index contributed by atoms with van der Waals surface area (Å²) in [5, 5.41) is 14.3. The van der Waals surface area contributed by atoms with E-state index >= 15 is 0 Å². The highest BCUT2D eigenvalue weighted by atomic mass is 35.5. The van der Waals surface area contributed by atoms with Gasteiger partial charge in [-0.1, -0.05) is 29.8 Å². The van der Waals surface area contributed by atoms with Gasteiger partial charge in [0.1, 0.15) is 12.4 Å². The molecule has 0 saturated carbocycles. The number of nitro benzene ring substituents is 1. The van der Waals surface area contributed by atoms with Gasteiger partial charge in [-0.3, -0.25) is 10.1 Å². The maximum absolute atomic E-state index is 13.3. The predicted molar refractivity (Wildman–Crippen MR) is 109 cm³/mol. The molecule has 6 nitrogen and oxygen atoms in total. The third kappa shape index (κ3) is 5.36. The highest BCUT2D eigenvalue weighted by Crippen LogP contribution is 2.37. The summed E-state index contributed by atoms with van der Waals surface area (Å²) in [7, 11) is 1.50. The summed E-state index contributed by atoms with van der Waals surface area (Å²) in [4.78, 5) is 10.4. The van der Waals surface area contributed by atoms with Crippen molar-refractivity contribution in [2.75, 3.05) is 12.4 Å². The van der Waals surface area contributed by atoms with Gasteiger partial charge >= 0.3 is 0 Å². The second-order valence-corrected chi connectivity index (χ2v) is 6.60. The van der Waals surface area contributed by atoms with E-state index in [2.05, 4.69) is 5.32 Å². The molecule has 1 N–H and O–H groups in total. The fraction of sp³-hybridized carbons (Fsp3) is 0.143. The van der Waals surface area contributed by atoms with Crippen LogP contribution in [0.2, 0.25) is 5.02 Å². The Kier molecular flexibility index (Phi) is 6.51. The van der Waals surface area contributed by atoms with Gasteiger partial charge in [0.15, 0.2) is 11.5 Å². The molecular formula is C21H18ClFN2O4. The summed E-state index contributed by atoms with van der Waals surface area (Å²) in [5.41, 5.74) is 2.09. The number of non-ortho nitro benzene ring substituents is 1. The number of methoxy groups -OCH3 is 1. The molecule has 0 bridgehead atoms.